The van der Waals surface area contributed by atoms with Gasteiger partial charge in [0.05, 0.1) is 18.9 Å². The minimum atomic E-state index is 0.676. The van der Waals surface area contributed by atoms with Gasteiger partial charge in [-0.05, 0) is 38.3 Å². The number of ether oxygens (including phenoxy) is 2. The first kappa shape index (κ1) is 17.7. The molecule has 0 saturated heterocycles. The highest BCUT2D eigenvalue weighted by Gasteiger charge is 2.09. The van der Waals surface area contributed by atoms with Gasteiger partial charge in [0, 0.05) is 12.6 Å². The van der Waals surface area contributed by atoms with E-state index in [1.165, 1.54) is 25.7 Å². The van der Waals surface area contributed by atoms with Crippen molar-refractivity contribution in [2.24, 2.45) is 5.92 Å². The Hall–Kier alpha value is -1.38. The summed E-state index contributed by atoms with van der Waals surface area (Å²) in [5, 5.41) is 3.55. The topological polar surface area (TPSA) is 30.5 Å². The van der Waals surface area contributed by atoms with Gasteiger partial charge >= 0.3 is 0 Å². The summed E-state index contributed by atoms with van der Waals surface area (Å²) in [6, 6.07) is 6.00. The van der Waals surface area contributed by atoms with Crippen LogP contribution in [0.5, 0.6) is 11.5 Å². The number of anilines is 1. The molecule has 0 aromatic heterocycles. The summed E-state index contributed by atoms with van der Waals surface area (Å²) in [4.78, 5) is 0. The zero-order valence-electron chi connectivity index (χ0n) is 14.1. The Balaban J connectivity index is 2.70. The van der Waals surface area contributed by atoms with E-state index in [0.29, 0.717) is 13.2 Å². The molecule has 1 rings (SSSR count). The maximum Gasteiger partial charge on any atom is 0.142 e. The van der Waals surface area contributed by atoms with Crippen molar-refractivity contribution in [3.63, 3.8) is 0 Å². The van der Waals surface area contributed by atoms with Gasteiger partial charge in [-0.25, -0.2) is 0 Å². The van der Waals surface area contributed by atoms with Crippen LogP contribution in [0.25, 0.3) is 0 Å². The Labute approximate surface area is 130 Å². The minimum Gasteiger partial charge on any atom is -0.494 e. The lowest BCUT2D eigenvalue weighted by molar-refractivity contribution is 0.331. The normalized spacial score (nSPS) is 12.0. The highest BCUT2D eigenvalue weighted by molar-refractivity contribution is 5.59. The van der Waals surface area contributed by atoms with E-state index in [-0.39, 0.29) is 0 Å². The van der Waals surface area contributed by atoms with Crippen LogP contribution in [-0.4, -0.2) is 19.8 Å². The van der Waals surface area contributed by atoms with E-state index in [1.807, 2.05) is 32.0 Å². The molecule has 0 spiro atoms. The number of rotatable bonds is 11. The summed E-state index contributed by atoms with van der Waals surface area (Å²) >= 11 is 0. The zero-order valence-corrected chi connectivity index (χ0v) is 14.1. The maximum atomic E-state index is 5.70. The van der Waals surface area contributed by atoms with Gasteiger partial charge < -0.3 is 14.8 Å². The fraction of sp³-hybridized carbons (Fsp3) is 0.667. The van der Waals surface area contributed by atoms with Crippen LogP contribution in [0.1, 0.15) is 53.4 Å². The molecule has 0 aliphatic heterocycles. The highest BCUT2D eigenvalue weighted by atomic mass is 16.5. The van der Waals surface area contributed by atoms with Crippen LogP contribution in [0.15, 0.2) is 18.2 Å². The summed E-state index contributed by atoms with van der Waals surface area (Å²) in [7, 11) is 0. The maximum absolute atomic E-state index is 5.70. The van der Waals surface area contributed by atoms with E-state index in [1.54, 1.807) is 0 Å². The van der Waals surface area contributed by atoms with Gasteiger partial charge in [0.2, 0.25) is 0 Å². The molecule has 1 N–H and O–H groups in total. The third-order valence-corrected chi connectivity index (χ3v) is 3.69. The second-order valence-corrected chi connectivity index (χ2v) is 5.32. The van der Waals surface area contributed by atoms with Crippen molar-refractivity contribution in [3.05, 3.63) is 18.2 Å². The summed E-state index contributed by atoms with van der Waals surface area (Å²) in [5.41, 5.74) is 1.04. The van der Waals surface area contributed by atoms with Crippen molar-refractivity contribution in [2.45, 2.75) is 53.4 Å². The molecule has 21 heavy (non-hydrogen) atoms. The quantitative estimate of drug-likeness (QED) is 0.615. The van der Waals surface area contributed by atoms with Crippen molar-refractivity contribution >= 4 is 5.69 Å². The zero-order chi connectivity index (χ0) is 15.5. The van der Waals surface area contributed by atoms with Gasteiger partial charge in [0.15, 0.2) is 0 Å². The molecule has 3 nitrogen and oxygen atoms in total. The molecule has 0 amide bonds. The second kappa shape index (κ2) is 10.4. The van der Waals surface area contributed by atoms with E-state index in [2.05, 4.69) is 19.2 Å². The lowest BCUT2D eigenvalue weighted by Crippen LogP contribution is -2.14. The average molecular weight is 293 g/mol. The molecule has 0 aliphatic rings. The molecule has 3 heteroatoms. The molecule has 0 fully saturated rings. The van der Waals surface area contributed by atoms with Gasteiger partial charge in [-0.15, -0.1) is 0 Å². The van der Waals surface area contributed by atoms with Crippen LogP contribution < -0.4 is 14.8 Å². The molecule has 1 atom stereocenters. The molecule has 0 saturated carbocycles. The molecule has 0 heterocycles. The first-order valence-corrected chi connectivity index (χ1v) is 8.38. The minimum absolute atomic E-state index is 0.676. The van der Waals surface area contributed by atoms with Gasteiger partial charge in [-0.3, -0.25) is 0 Å². The first-order chi connectivity index (χ1) is 10.2. The second-order valence-electron chi connectivity index (χ2n) is 5.32. The van der Waals surface area contributed by atoms with E-state index in [4.69, 9.17) is 9.47 Å². The fourth-order valence-corrected chi connectivity index (χ4v) is 2.38. The molecule has 0 bridgehead atoms. The average Bonchev–Trinajstić information content (AvgIpc) is 2.50. The standard InChI is InChI=1S/C18H31NO2/c1-5-9-10-15(6-2)14-19-17-13-16(20-7-3)11-12-18(17)21-8-4/h11-13,15,19H,5-10,14H2,1-4H3. The van der Waals surface area contributed by atoms with Gasteiger partial charge in [0.25, 0.3) is 0 Å². The number of unbranched alkanes of at least 4 members (excludes halogenated alkanes) is 1. The Morgan fingerprint density at radius 1 is 1.05 bits per heavy atom. The predicted molar refractivity (Wildman–Crippen MR) is 90.6 cm³/mol. The van der Waals surface area contributed by atoms with Crippen LogP contribution in [0, 0.1) is 5.92 Å². The molecule has 120 valence electrons. The van der Waals surface area contributed by atoms with Gasteiger partial charge in [0.1, 0.15) is 11.5 Å². The van der Waals surface area contributed by atoms with Crippen LogP contribution in [-0.2, 0) is 0 Å². The van der Waals surface area contributed by atoms with Crippen LogP contribution in [0.4, 0.5) is 5.69 Å². The Bertz CT molecular complexity index is 393. The van der Waals surface area contributed by atoms with Crippen LogP contribution in [0.3, 0.4) is 0 Å². The van der Waals surface area contributed by atoms with Gasteiger partial charge in [-0.1, -0.05) is 33.1 Å². The third-order valence-electron chi connectivity index (χ3n) is 3.69. The smallest absolute Gasteiger partial charge is 0.142 e. The first-order valence-electron chi connectivity index (χ1n) is 8.38. The van der Waals surface area contributed by atoms with E-state index < -0.39 is 0 Å². The van der Waals surface area contributed by atoms with Crippen molar-refractivity contribution in [2.75, 3.05) is 25.1 Å². The highest BCUT2D eigenvalue weighted by Crippen LogP contribution is 2.30. The molecular formula is C18H31NO2. The number of nitrogens with one attached hydrogen (secondary N) is 1. The fourth-order valence-electron chi connectivity index (χ4n) is 2.38. The Kier molecular flexibility index (Phi) is 8.72. The molecule has 1 aromatic rings. The summed E-state index contributed by atoms with van der Waals surface area (Å²) in [6.45, 7) is 10.9. The number of benzene rings is 1. The summed E-state index contributed by atoms with van der Waals surface area (Å²) in [5.74, 6) is 2.52. The lowest BCUT2D eigenvalue weighted by atomic mass is 9.99. The van der Waals surface area contributed by atoms with Crippen molar-refractivity contribution in [3.8, 4) is 11.5 Å². The van der Waals surface area contributed by atoms with Crippen LogP contribution in [0.2, 0.25) is 0 Å². The Morgan fingerprint density at radius 2 is 1.81 bits per heavy atom. The molecule has 0 radical (unpaired) electrons. The number of hydrogen-bond acceptors (Lipinski definition) is 3. The predicted octanol–water partition coefficient (Wildman–Crippen LogP) is 5.11. The summed E-state index contributed by atoms with van der Waals surface area (Å²) < 4.78 is 11.3. The molecule has 1 unspecified atom stereocenters. The molecule has 0 aliphatic carbocycles. The van der Waals surface area contributed by atoms with E-state index in [9.17, 15) is 0 Å². The monoisotopic (exact) mass is 293 g/mol. The molecular weight excluding hydrogens is 262 g/mol. The SMILES string of the molecule is CCCCC(CC)CNc1cc(OCC)ccc1OCC. The summed E-state index contributed by atoms with van der Waals surface area (Å²) in [6.07, 6.45) is 5.06. The van der Waals surface area contributed by atoms with Gasteiger partial charge in [-0.2, -0.15) is 0 Å². The third kappa shape index (κ3) is 6.28. The van der Waals surface area contributed by atoms with Crippen LogP contribution >= 0.6 is 0 Å². The lowest BCUT2D eigenvalue weighted by Gasteiger charge is -2.19. The Morgan fingerprint density at radius 3 is 2.43 bits per heavy atom. The largest absolute Gasteiger partial charge is 0.494 e. The van der Waals surface area contributed by atoms with Crippen molar-refractivity contribution in [1.82, 2.24) is 0 Å². The number of hydrogen-bond donors (Lipinski definition) is 1. The van der Waals surface area contributed by atoms with Crippen molar-refractivity contribution < 1.29 is 9.47 Å². The van der Waals surface area contributed by atoms with Crippen molar-refractivity contribution in [1.29, 1.82) is 0 Å². The van der Waals surface area contributed by atoms with E-state index in [0.717, 1.165) is 29.6 Å². The molecule has 1 aromatic carbocycles. The van der Waals surface area contributed by atoms with E-state index >= 15 is 0 Å².